The lowest BCUT2D eigenvalue weighted by molar-refractivity contribution is 0.112. The molecule has 0 N–H and O–H groups in total. The van der Waals surface area contributed by atoms with Gasteiger partial charge in [-0.25, -0.2) is 9.37 Å². The molecule has 1 heterocycles. The molecule has 1 atom stereocenters. The monoisotopic (exact) mass is 308 g/mol. The molecule has 6 heteroatoms. The highest BCUT2D eigenvalue weighted by molar-refractivity contribution is 7.17. The first-order chi connectivity index (χ1) is 10.1. The number of rotatable bonds is 6. The Morgan fingerprint density at radius 2 is 2.19 bits per heavy atom. The van der Waals surface area contributed by atoms with E-state index < -0.39 is 0 Å². The molecule has 2 rings (SSSR count). The molecule has 0 amide bonds. The third kappa shape index (κ3) is 3.28. The maximum Gasteiger partial charge on any atom is 0.186 e. The number of hydrogen-bond donors (Lipinski definition) is 0. The molecule has 1 aromatic heterocycles. The van der Waals surface area contributed by atoms with Gasteiger partial charge in [0.2, 0.25) is 0 Å². The van der Waals surface area contributed by atoms with Gasteiger partial charge in [-0.05, 0) is 13.0 Å². The molecule has 4 nitrogen and oxygen atoms in total. The third-order valence-electron chi connectivity index (χ3n) is 3.34. The minimum atomic E-state index is -0.249. The van der Waals surface area contributed by atoms with Gasteiger partial charge in [-0.3, -0.25) is 4.79 Å². The van der Waals surface area contributed by atoms with Crippen LogP contribution in [-0.2, 0) is 11.3 Å². The Kier molecular flexibility index (Phi) is 5.03. The Morgan fingerprint density at radius 3 is 2.81 bits per heavy atom. The quantitative estimate of drug-likeness (QED) is 0.767. The molecule has 0 radical (unpaired) electrons. The number of halogens is 1. The highest BCUT2D eigenvalue weighted by Crippen LogP contribution is 2.31. The molecule has 112 valence electrons. The SMILES string of the molecule is COCc1nc(N(C)C(C)c2ccccc2F)sc1C=O. The summed E-state index contributed by atoms with van der Waals surface area (Å²) in [5, 5.41) is 0.667. The maximum absolute atomic E-state index is 13.9. The van der Waals surface area contributed by atoms with Crippen LogP contribution >= 0.6 is 11.3 Å². The molecule has 0 fully saturated rings. The first-order valence-corrected chi connectivity index (χ1v) is 7.31. The highest BCUT2D eigenvalue weighted by Gasteiger charge is 2.20. The van der Waals surface area contributed by atoms with E-state index in [0.717, 1.165) is 6.29 Å². The van der Waals surface area contributed by atoms with Crippen molar-refractivity contribution < 1.29 is 13.9 Å². The van der Waals surface area contributed by atoms with E-state index in [1.807, 2.05) is 18.9 Å². The second-order valence-electron chi connectivity index (χ2n) is 4.67. The van der Waals surface area contributed by atoms with Crippen LogP contribution in [0.2, 0.25) is 0 Å². The van der Waals surface area contributed by atoms with Gasteiger partial charge >= 0.3 is 0 Å². The van der Waals surface area contributed by atoms with Gasteiger partial charge in [-0.2, -0.15) is 0 Å². The molecular weight excluding hydrogens is 291 g/mol. The molecule has 0 aliphatic carbocycles. The second kappa shape index (κ2) is 6.78. The van der Waals surface area contributed by atoms with Gasteiger partial charge < -0.3 is 9.64 Å². The van der Waals surface area contributed by atoms with E-state index in [-0.39, 0.29) is 18.5 Å². The van der Waals surface area contributed by atoms with Crippen molar-refractivity contribution in [3.8, 4) is 0 Å². The lowest BCUT2D eigenvalue weighted by atomic mass is 10.1. The predicted octanol–water partition coefficient (Wildman–Crippen LogP) is 3.44. The van der Waals surface area contributed by atoms with E-state index in [1.165, 1.54) is 17.4 Å². The fourth-order valence-corrected chi connectivity index (χ4v) is 2.95. The van der Waals surface area contributed by atoms with E-state index in [1.54, 1.807) is 25.3 Å². The van der Waals surface area contributed by atoms with Crippen molar-refractivity contribution in [3.05, 3.63) is 46.2 Å². The molecule has 21 heavy (non-hydrogen) atoms. The third-order valence-corrected chi connectivity index (χ3v) is 4.46. The summed E-state index contributed by atoms with van der Waals surface area (Å²) in [6.07, 6.45) is 0.775. The van der Waals surface area contributed by atoms with Gasteiger partial charge in [0.1, 0.15) is 5.82 Å². The summed E-state index contributed by atoms with van der Waals surface area (Å²) < 4.78 is 18.9. The normalized spacial score (nSPS) is 12.2. The minimum absolute atomic E-state index is 0.188. The summed E-state index contributed by atoms with van der Waals surface area (Å²) in [7, 11) is 3.39. The molecule has 0 bridgehead atoms. The van der Waals surface area contributed by atoms with Gasteiger partial charge in [0.05, 0.1) is 23.2 Å². The van der Waals surface area contributed by atoms with Crippen molar-refractivity contribution in [2.45, 2.75) is 19.6 Å². The molecule has 1 aromatic carbocycles. The predicted molar refractivity (Wildman–Crippen MR) is 81.4 cm³/mol. The number of hydrogen-bond acceptors (Lipinski definition) is 5. The van der Waals surface area contributed by atoms with Crippen LogP contribution in [0.3, 0.4) is 0 Å². The summed E-state index contributed by atoms with van der Waals surface area (Å²) in [5.41, 5.74) is 1.20. The lowest BCUT2D eigenvalue weighted by Crippen LogP contribution is -2.22. The molecule has 0 saturated carbocycles. The van der Waals surface area contributed by atoms with Crippen LogP contribution in [-0.4, -0.2) is 25.4 Å². The van der Waals surface area contributed by atoms with Crippen molar-refractivity contribution in [1.82, 2.24) is 4.98 Å². The summed E-state index contributed by atoms with van der Waals surface area (Å²) in [4.78, 5) is 17.9. The van der Waals surface area contributed by atoms with Crippen molar-refractivity contribution in [2.75, 3.05) is 19.1 Å². The Balaban J connectivity index is 2.29. The Bertz CT molecular complexity index is 630. The zero-order valence-electron chi connectivity index (χ0n) is 12.2. The minimum Gasteiger partial charge on any atom is -0.378 e. The van der Waals surface area contributed by atoms with Crippen LogP contribution in [0.1, 0.15) is 33.9 Å². The number of aromatic nitrogens is 1. The van der Waals surface area contributed by atoms with Crippen LogP contribution in [0.5, 0.6) is 0 Å². The lowest BCUT2D eigenvalue weighted by Gasteiger charge is -2.24. The molecule has 0 aliphatic rings. The summed E-state index contributed by atoms with van der Waals surface area (Å²) in [5.74, 6) is -0.249. The number of methoxy groups -OCH3 is 1. The second-order valence-corrected chi connectivity index (χ2v) is 5.68. The van der Waals surface area contributed by atoms with Crippen LogP contribution in [0, 0.1) is 5.82 Å². The number of thiazole rings is 1. The number of anilines is 1. The van der Waals surface area contributed by atoms with Crippen molar-refractivity contribution in [2.24, 2.45) is 0 Å². The largest absolute Gasteiger partial charge is 0.378 e. The standard InChI is InChI=1S/C15H17FN2O2S/c1-10(11-6-4-5-7-12(11)16)18(2)15-17-13(9-20-3)14(8-19)21-15/h4-8,10H,9H2,1-3H3. The molecule has 0 saturated heterocycles. The fourth-order valence-electron chi connectivity index (χ4n) is 2.02. The van der Waals surface area contributed by atoms with E-state index in [0.29, 0.717) is 21.3 Å². The van der Waals surface area contributed by atoms with E-state index in [2.05, 4.69) is 4.98 Å². The van der Waals surface area contributed by atoms with Gasteiger partial charge in [0, 0.05) is 19.7 Å². The van der Waals surface area contributed by atoms with Gasteiger partial charge in [-0.15, -0.1) is 0 Å². The summed E-state index contributed by atoms with van der Waals surface area (Å²) in [6, 6.07) is 6.47. The number of nitrogens with zero attached hydrogens (tertiary/aromatic N) is 2. The first kappa shape index (κ1) is 15.6. The summed E-state index contributed by atoms with van der Waals surface area (Å²) >= 11 is 1.28. The maximum atomic E-state index is 13.9. The van der Waals surface area contributed by atoms with E-state index in [4.69, 9.17) is 4.74 Å². The number of carbonyl (C=O) groups excluding carboxylic acids is 1. The van der Waals surface area contributed by atoms with Crippen LogP contribution in [0.15, 0.2) is 24.3 Å². The van der Waals surface area contributed by atoms with Crippen molar-refractivity contribution >= 4 is 22.8 Å². The van der Waals surface area contributed by atoms with Crippen LogP contribution < -0.4 is 4.90 Å². The van der Waals surface area contributed by atoms with Gasteiger partial charge in [0.15, 0.2) is 11.4 Å². The Morgan fingerprint density at radius 1 is 1.48 bits per heavy atom. The zero-order chi connectivity index (χ0) is 15.4. The zero-order valence-corrected chi connectivity index (χ0v) is 13.0. The molecule has 2 aromatic rings. The van der Waals surface area contributed by atoms with Crippen LogP contribution in [0.25, 0.3) is 0 Å². The Labute approximate surface area is 127 Å². The first-order valence-electron chi connectivity index (χ1n) is 6.49. The van der Waals surface area contributed by atoms with Crippen molar-refractivity contribution in [1.29, 1.82) is 0 Å². The molecular formula is C15H17FN2O2S. The topological polar surface area (TPSA) is 42.4 Å². The van der Waals surface area contributed by atoms with Gasteiger partial charge in [-0.1, -0.05) is 29.5 Å². The van der Waals surface area contributed by atoms with E-state index >= 15 is 0 Å². The fraction of sp³-hybridized carbons (Fsp3) is 0.333. The average Bonchev–Trinajstić information content (AvgIpc) is 2.90. The smallest absolute Gasteiger partial charge is 0.186 e. The van der Waals surface area contributed by atoms with E-state index in [9.17, 15) is 9.18 Å². The Hall–Kier alpha value is -1.79. The number of carbonyl (C=O) groups is 1. The number of ether oxygens (including phenoxy) is 1. The van der Waals surface area contributed by atoms with Crippen molar-refractivity contribution in [3.63, 3.8) is 0 Å². The number of aldehydes is 1. The molecule has 1 unspecified atom stereocenters. The molecule has 0 aliphatic heterocycles. The molecule has 0 spiro atoms. The average molecular weight is 308 g/mol. The van der Waals surface area contributed by atoms with Gasteiger partial charge in [0.25, 0.3) is 0 Å². The highest BCUT2D eigenvalue weighted by atomic mass is 32.1. The number of benzene rings is 1. The van der Waals surface area contributed by atoms with Crippen LogP contribution in [0.4, 0.5) is 9.52 Å². The summed E-state index contributed by atoms with van der Waals surface area (Å²) in [6.45, 7) is 2.18.